The summed E-state index contributed by atoms with van der Waals surface area (Å²) < 4.78 is 41.2. The van der Waals surface area contributed by atoms with Crippen LogP contribution in [0.15, 0.2) is 29.1 Å². The molecule has 0 saturated carbocycles. The molecule has 0 unspecified atom stereocenters. The third kappa shape index (κ3) is 2.00. The molecule has 0 aliphatic carbocycles. The van der Waals surface area contributed by atoms with Crippen LogP contribution >= 0.6 is 0 Å². The van der Waals surface area contributed by atoms with Gasteiger partial charge < -0.3 is 9.72 Å². The van der Waals surface area contributed by atoms with Gasteiger partial charge in [0.25, 0.3) is 0 Å². The molecule has 1 heterocycles. The molecule has 0 spiro atoms. The van der Waals surface area contributed by atoms with Crippen molar-refractivity contribution in [2.75, 3.05) is 0 Å². The minimum atomic E-state index is -3.08. The van der Waals surface area contributed by atoms with Crippen LogP contribution in [0.1, 0.15) is 0 Å². The van der Waals surface area contributed by atoms with Gasteiger partial charge in [-0.25, -0.2) is 4.39 Å². The van der Waals surface area contributed by atoms with Crippen molar-refractivity contribution in [2.24, 2.45) is 0 Å². The van der Waals surface area contributed by atoms with Crippen LogP contribution in [0.4, 0.5) is 13.2 Å². The highest BCUT2D eigenvalue weighted by atomic mass is 19.3. The molecular formula is C10H6F3NO2. The maximum absolute atomic E-state index is 13.0. The Hall–Kier alpha value is -1.98. The van der Waals surface area contributed by atoms with Gasteiger partial charge in [-0.15, -0.1) is 0 Å². The molecule has 2 rings (SSSR count). The zero-order valence-corrected chi connectivity index (χ0v) is 7.84. The molecule has 0 fully saturated rings. The maximum atomic E-state index is 13.0. The molecule has 84 valence electrons. The molecule has 0 atom stereocenters. The summed E-state index contributed by atoms with van der Waals surface area (Å²) in [4.78, 5) is 13.3. The Balaban J connectivity index is 2.69. The molecule has 3 nitrogen and oxygen atoms in total. The molecule has 6 heteroatoms. The van der Waals surface area contributed by atoms with Gasteiger partial charge in [0.05, 0.1) is 5.52 Å². The van der Waals surface area contributed by atoms with E-state index >= 15 is 0 Å². The number of rotatable bonds is 2. The number of alkyl halides is 2. The number of halogens is 3. The summed E-state index contributed by atoms with van der Waals surface area (Å²) in [6.07, 6.45) is 0. The van der Waals surface area contributed by atoms with Gasteiger partial charge in [-0.1, -0.05) is 0 Å². The maximum Gasteiger partial charge on any atom is 0.387 e. The molecule has 0 amide bonds. The summed E-state index contributed by atoms with van der Waals surface area (Å²) in [6, 6.07) is 4.41. The Morgan fingerprint density at radius 3 is 2.69 bits per heavy atom. The number of aromatic amines is 1. The molecule has 1 N–H and O–H groups in total. The van der Waals surface area contributed by atoms with E-state index in [9.17, 15) is 18.0 Å². The summed E-state index contributed by atoms with van der Waals surface area (Å²) in [7, 11) is 0. The van der Waals surface area contributed by atoms with E-state index in [-0.39, 0.29) is 16.7 Å². The molecule has 0 aliphatic rings. The quantitative estimate of drug-likeness (QED) is 0.858. The van der Waals surface area contributed by atoms with Crippen molar-refractivity contribution < 1.29 is 17.9 Å². The first kappa shape index (κ1) is 10.5. The van der Waals surface area contributed by atoms with E-state index in [2.05, 4.69) is 9.72 Å². The predicted octanol–water partition coefficient (Wildman–Crippen LogP) is 2.27. The van der Waals surface area contributed by atoms with E-state index in [0.717, 1.165) is 12.1 Å². The first-order valence-corrected chi connectivity index (χ1v) is 4.33. The Morgan fingerprint density at radius 1 is 1.25 bits per heavy atom. The zero-order valence-electron chi connectivity index (χ0n) is 7.84. The number of H-pyrrole nitrogens is 1. The number of ether oxygens (including phenoxy) is 1. The van der Waals surface area contributed by atoms with Crippen LogP contribution in [0.2, 0.25) is 0 Å². The minimum absolute atomic E-state index is 0.0502. The summed E-state index contributed by atoms with van der Waals surface area (Å²) in [5, 5.41) is 0.287. The molecule has 2 aromatic rings. The largest absolute Gasteiger partial charge is 0.432 e. The van der Waals surface area contributed by atoms with Gasteiger partial charge in [0.15, 0.2) is 5.75 Å². The average molecular weight is 229 g/mol. The second kappa shape index (κ2) is 3.88. The van der Waals surface area contributed by atoms with E-state index in [4.69, 9.17) is 0 Å². The lowest BCUT2D eigenvalue weighted by atomic mass is 10.2. The number of aromatic nitrogens is 1. The zero-order chi connectivity index (χ0) is 11.7. The number of nitrogens with one attached hydrogen (secondary N) is 1. The Labute approximate surface area is 87.5 Å². The third-order valence-corrected chi connectivity index (χ3v) is 1.98. The van der Waals surface area contributed by atoms with E-state index < -0.39 is 18.0 Å². The lowest BCUT2D eigenvalue weighted by Crippen LogP contribution is -2.07. The molecule has 0 saturated heterocycles. The van der Waals surface area contributed by atoms with Gasteiger partial charge in [-0.05, 0) is 12.1 Å². The van der Waals surface area contributed by atoms with Gasteiger partial charge in [0.1, 0.15) is 5.82 Å². The highest BCUT2D eigenvalue weighted by molar-refractivity contribution is 5.84. The van der Waals surface area contributed by atoms with Crippen LogP contribution in [0.5, 0.6) is 5.75 Å². The number of fused-ring (bicyclic) bond motifs is 1. The average Bonchev–Trinajstić information content (AvgIpc) is 2.18. The highest BCUT2D eigenvalue weighted by Gasteiger charge is 2.11. The van der Waals surface area contributed by atoms with Crippen LogP contribution in [-0.2, 0) is 0 Å². The van der Waals surface area contributed by atoms with Gasteiger partial charge in [0.2, 0.25) is 5.56 Å². The molecule has 16 heavy (non-hydrogen) atoms. The number of hydrogen-bond acceptors (Lipinski definition) is 2. The summed E-state index contributed by atoms with van der Waals surface area (Å²) in [6.45, 7) is -3.08. The van der Waals surface area contributed by atoms with Crippen LogP contribution in [-0.4, -0.2) is 11.6 Å². The van der Waals surface area contributed by atoms with E-state index in [0.29, 0.717) is 0 Å². The van der Waals surface area contributed by atoms with Crippen molar-refractivity contribution >= 4 is 10.9 Å². The monoisotopic (exact) mass is 229 g/mol. The summed E-state index contributed by atoms with van der Waals surface area (Å²) in [5.41, 5.74) is -0.424. The first-order chi connectivity index (χ1) is 7.56. The molecular weight excluding hydrogens is 223 g/mol. The standard InChI is InChI=1S/C10H6F3NO2/c11-6-3-5-1-2-8(15)14-9(5)7(4-6)16-10(12)13/h1-4,10H,(H,14,15). The van der Waals surface area contributed by atoms with E-state index in [1.165, 1.54) is 12.1 Å². The van der Waals surface area contributed by atoms with Crippen molar-refractivity contribution in [1.82, 2.24) is 4.98 Å². The van der Waals surface area contributed by atoms with Gasteiger partial charge in [-0.2, -0.15) is 8.78 Å². The Kier molecular flexibility index (Phi) is 2.55. The molecule has 1 aromatic carbocycles. The smallest absolute Gasteiger partial charge is 0.387 e. The highest BCUT2D eigenvalue weighted by Crippen LogP contribution is 2.25. The lowest BCUT2D eigenvalue weighted by molar-refractivity contribution is -0.0490. The second-order valence-corrected chi connectivity index (χ2v) is 3.07. The number of pyridine rings is 1. The van der Waals surface area contributed by atoms with Gasteiger partial charge in [0, 0.05) is 17.5 Å². The van der Waals surface area contributed by atoms with Gasteiger partial charge >= 0.3 is 6.61 Å². The summed E-state index contributed by atoms with van der Waals surface area (Å²) >= 11 is 0. The van der Waals surface area contributed by atoms with Crippen molar-refractivity contribution in [1.29, 1.82) is 0 Å². The number of benzene rings is 1. The fourth-order valence-corrected chi connectivity index (χ4v) is 1.39. The van der Waals surface area contributed by atoms with E-state index in [1.54, 1.807) is 0 Å². The fourth-order valence-electron chi connectivity index (χ4n) is 1.39. The SMILES string of the molecule is O=c1ccc2cc(F)cc(OC(F)F)c2[nH]1. The topological polar surface area (TPSA) is 42.1 Å². The van der Waals surface area contributed by atoms with Crippen molar-refractivity contribution in [3.8, 4) is 5.75 Å². The van der Waals surface area contributed by atoms with Crippen LogP contribution in [0.25, 0.3) is 10.9 Å². The Morgan fingerprint density at radius 2 is 2.00 bits per heavy atom. The molecule has 0 bridgehead atoms. The van der Waals surface area contributed by atoms with Crippen LogP contribution in [0, 0.1) is 5.82 Å². The third-order valence-electron chi connectivity index (χ3n) is 1.98. The minimum Gasteiger partial charge on any atom is -0.432 e. The summed E-state index contributed by atoms with van der Waals surface area (Å²) in [5.74, 6) is -1.10. The number of hydrogen-bond donors (Lipinski definition) is 1. The van der Waals surface area contributed by atoms with Crippen molar-refractivity contribution in [3.05, 3.63) is 40.4 Å². The van der Waals surface area contributed by atoms with Gasteiger partial charge in [-0.3, -0.25) is 4.79 Å². The second-order valence-electron chi connectivity index (χ2n) is 3.07. The predicted molar refractivity (Wildman–Crippen MR) is 51.2 cm³/mol. The van der Waals surface area contributed by atoms with Crippen molar-refractivity contribution in [3.63, 3.8) is 0 Å². The first-order valence-electron chi connectivity index (χ1n) is 4.33. The fraction of sp³-hybridized carbons (Fsp3) is 0.100. The normalized spacial score (nSPS) is 11.0. The lowest BCUT2D eigenvalue weighted by Gasteiger charge is -2.07. The molecule has 0 radical (unpaired) electrons. The van der Waals surface area contributed by atoms with E-state index in [1.807, 2.05) is 0 Å². The molecule has 0 aliphatic heterocycles. The van der Waals surface area contributed by atoms with Crippen LogP contribution in [0.3, 0.4) is 0 Å². The Bertz CT molecular complexity index is 580. The van der Waals surface area contributed by atoms with Crippen molar-refractivity contribution in [2.45, 2.75) is 6.61 Å². The van der Waals surface area contributed by atoms with Crippen LogP contribution < -0.4 is 10.3 Å². The molecule has 1 aromatic heterocycles.